The number of carbonyl (C=O) groups is 1. The lowest BCUT2D eigenvalue weighted by molar-refractivity contribution is -0.149. The topological polar surface area (TPSA) is 44.8 Å². The minimum Gasteiger partial charge on any atom is -0.466 e. The normalized spacial score (nSPS) is 32.4. The molecule has 1 aliphatic carbocycles. The van der Waals surface area contributed by atoms with E-state index in [9.17, 15) is 4.79 Å². The maximum Gasteiger partial charge on any atom is 0.309 e. The zero-order valence-corrected chi connectivity index (χ0v) is 12.1. The Morgan fingerprint density at radius 3 is 2.53 bits per heavy atom. The quantitative estimate of drug-likeness (QED) is 0.720. The molecule has 3 unspecified atom stereocenters. The monoisotopic (exact) mass is 270 g/mol. The van der Waals surface area contributed by atoms with Crippen LogP contribution >= 0.6 is 0 Å². The molecule has 4 nitrogen and oxygen atoms in total. The molecule has 2 aliphatic rings. The second kappa shape index (κ2) is 7.25. The maximum atomic E-state index is 12.0. The van der Waals surface area contributed by atoms with Crippen LogP contribution in [0, 0.1) is 11.8 Å². The van der Waals surface area contributed by atoms with Crippen molar-refractivity contribution in [1.29, 1.82) is 0 Å². The number of esters is 1. The lowest BCUT2D eigenvalue weighted by Gasteiger charge is -2.25. The molecule has 3 atom stereocenters. The second-order valence-electron chi connectivity index (χ2n) is 5.57. The van der Waals surface area contributed by atoms with Crippen LogP contribution in [0.1, 0.15) is 46.0 Å². The van der Waals surface area contributed by atoms with Gasteiger partial charge in [-0.25, -0.2) is 0 Å². The number of rotatable bonds is 5. The van der Waals surface area contributed by atoms with E-state index in [4.69, 9.17) is 14.2 Å². The molecule has 0 aromatic carbocycles. The fraction of sp³-hybridized carbons (Fsp3) is 0.933. The average Bonchev–Trinajstić information content (AvgIpc) is 2.83. The summed E-state index contributed by atoms with van der Waals surface area (Å²) in [6, 6.07) is 0. The average molecular weight is 270 g/mol. The van der Waals surface area contributed by atoms with Crippen molar-refractivity contribution < 1.29 is 19.0 Å². The van der Waals surface area contributed by atoms with Crippen molar-refractivity contribution in [3.05, 3.63) is 0 Å². The smallest absolute Gasteiger partial charge is 0.309 e. The van der Waals surface area contributed by atoms with E-state index in [1.165, 1.54) is 0 Å². The fourth-order valence-electron chi connectivity index (χ4n) is 3.26. The highest BCUT2D eigenvalue weighted by molar-refractivity contribution is 5.73. The first-order valence-corrected chi connectivity index (χ1v) is 7.64. The molecule has 1 aliphatic heterocycles. The van der Waals surface area contributed by atoms with Crippen molar-refractivity contribution in [1.82, 2.24) is 0 Å². The van der Waals surface area contributed by atoms with Gasteiger partial charge >= 0.3 is 5.97 Å². The molecule has 0 aromatic heterocycles. The predicted molar refractivity (Wildman–Crippen MR) is 71.9 cm³/mol. The van der Waals surface area contributed by atoms with Gasteiger partial charge in [0.2, 0.25) is 0 Å². The van der Waals surface area contributed by atoms with Crippen molar-refractivity contribution in [3.63, 3.8) is 0 Å². The first-order valence-electron chi connectivity index (χ1n) is 7.64. The van der Waals surface area contributed by atoms with E-state index in [1.54, 1.807) is 0 Å². The van der Waals surface area contributed by atoms with Gasteiger partial charge in [0.15, 0.2) is 0 Å². The van der Waals surface area contributed by atoms with Crippen molar-refractivity contribution in [2.45, 2.75) is 58.2 Å². The predicted octanol–water partition coefficient (Wildman–Crippen LogP) is 2.55. The Hall–Kier alpha value is -0.610. The lowest BCUT2D eigenvalue weighted by atomic mass is 9.94. The zero-order chi connectivity index (χ0) is 13.7. The summed E-state index contributed by atoms with van der Waals surface area (Å²) in [4.78, 5) is 12.0. The highest BCUT2D eigenvalue weighted by Gasteiger charge is 2.40. The number of carbonyl (C=O) groups excluding carboxylic acids is 1. The fourth-order valence-corrected chi connectivity index (χ4v) is 3.26. The summed E-state index contributed by atoms with van der Waals surface area (Å²) in [5.74, 6) is 0.422. The Morgan fingerprint density at radius 2 is 1.89 bits per heavy atom. The molecule has 2 fully saturated rings. The van der Waals surface area contributed by atoms with Crippen LogP contribution in [-0.4, -0.2) is 38.0 Å². The molecule has 0 bridgehead atoms. The summed E-state index contributed by atoms with van der Waals surface area (Å²) < 4.78 is 16.7. The first-order chi connectivity index (χ1) is 9.24. The number of ether oxygens (including phenoxy) is 3. The van der Waals surface area contributed by atoms with Crippen LogP contribution in [0.2, 0.25) is 0 Å². The van der Waals surface area contributed by atoms with Gasteiger partial charge in [-0.3, -0.25) is 4.79 Å². The largest absolute Gasteiger partial charge is 0.466 e. The first kappa shape index (κ1) is 14.8. The van der Waals surface area contributed by atoms with Gasteiger partial charge in [-0.15, -0.1) is 0 Å². The van der Waals surface area contributed by atoms with Gasteiger partial charge in [-0.1, -0.05) is 13.3 Å². The van der Waals surface area contributed by atoms with Gasteiger partial charge in [0, 0.05) is 13.2 Å². The number of hydrogen-bond acceptors (Lipinski definition) is 4. The molecule has 110 valence electrons. The third-order valence-corrected chi connectivity index (χ3v) is 4.32. The summed E-state index contributed by atoms with van der Waals surface area (Å²) in [5.41, 5.74) is 0. The van der Waals surface area contributed by atoms with Crippen LogP contribution in [0.15, 0.2) is 0 Å². The van der Waals surface area contributed by atoms with Crippen LogP contribution in [0.3, 0.4) is 0 Å². The molecule has 0 N–H and O–H groups in total. The van der Waals surface area contributed by atoms with Crippen LogP contribution in [0.4, 0.5) is 0 Å². The molecular formula is C15H26O4. The summed E-state index contributed by atoms with van der Waals surface area (Å²) in [6.45, 7) is 6.08. The van der Waals surface area contributed by atoms with Crippen molar-refractivity contribution in [2.75, 3.05) is 19.8 Å². The van der Waals surface area contributed by atoms with E-state index in [2.05, 4.69) is 6.92 Å². The van der Waals surface area contributed by atoms with Crippen LogP contribution in [-0.2, 0) is 19.0 Å². The number of hydrogen-bond donors (Lipinski definition) is 0. The van der Waals surface area contributed by atoms with Crippen LogP contribution in [0.25, 0.3) is 0 Å². The van der Waals surface area contributed by atoms with Gasteiger partial charge in [-0.05, 0) is 38.5 Å². The van der Waals surface area contributed by atoms with E-state index in [0.29, 0.717) is 18.6 Å². The second-order valence-corrected chi connectivity index (χ2v) is 5.57. The molecule has 1 heterocycles. The third-order valence-electron chi connectivity index (χ3n) is 4.32. The molecule has 1 saturated carbocycles. The van der Waals surface area contributed by atoms with Gasteiger partial charge in [0.25, 0.3) is 0 Å². The molecule has 1 saturated heterocycles. The Morgan fingerprint density at radius 1 is 1.16 bits per heavy atom. The third kappa shape index (κ3) is 3.93. The van der Waals surface area contributed by atoms with E-state index in [0.717, 1.165) is 45.3 Å². The lowest BCUT2D eigenvalue weighted by Crippen LogP contribution is -2.27. The van der Waals surface area contributed by atoms with Gasteiger partial charge in [0.05, 0.1) is 24.7 Å². The summed E-state index contributed by atoms with van der Waals surface area (Å²) >= 11 is 0. The molecule has 0 spiro atoms. The molecule has 19 heavy (non-hydrogen) atoms. The molecule has 0 aromatic rings. The van der Waals surface area contributed by atoms with Gasteiger partial charge in [0.1, 0.15) is 0 Å². The standard InChI is InChI=1S/C15H26O4/c1-3-11-9-13(10-14(11)15(16)18-4-2)19-12-5-7-17-8-6-12/h11-14H,3-10H2,1-2H3. The van der Waals surface area contributed by atoms with Crippen LogP contribution < -0.4 is 0 Å². The van der Waals surface area contributed by atoms with E-state index in [1.807, 2.05) is 6.92 Å². The molecule has 2 rings (SSSR count). The minimum atomic E-state index is -0.0348. The van der Waals surface area contributed by atoms with E-state index >= 15 is 0 Å². The molecule has 0 radical (unpaired) electrons. The Balaban J connectivity index is 1.85. The zero-order valence-electron chi connectivity index (χ0n) is 12.1. The Kier molecular flexibility index (Phi) is 5.64. The SMILES string of the molecule is CCOC(=O)C1CC(OC2CCOCC2)CC1CC. The highest BCUT2D eigenvalue weighted by Crippen LogP contribution is 2.37. The van der Waals surface area contributed by atoms with Gasteiger partial charge in [-0.2, -0.15) is 0 Å². The maximum absolute atomic E-state index is 12.0. The van der Waals surface area contributed by atoms with Gasteiger partial charge < -0.3 is 14.2 Å². The summed E-state index contributed by atoms with van der Waals surface area (Å²) in [5, 5.41) is 0. The molecule has 0 amide bonds. The van der Waals surface area contributed by atoms with E-state index in [-0.39, 0.29) is 18.0 Å². The Bertz CT molecular complexity index is 286. The van der Waals surface area contributed by atoms with E-state index < -0.39 is 0 Å². The summed E-state index contributed by atoms with van der Waals surface area (Å²) in [6.07, 6.45) is 5.36. The minimum absolute atomic E-state index is 0.0348. The highest BCUT2D eigenvalue weighted by atomic mass is 16.5. The Labute approximate surface area is 115 Å². The van der Waals surface area contributed by atoms with Crippen LogP contribution in [0.5, 0.6) is 0 Å². The van der Waals surface area contributed by atoms with Crippen molar-refractivity contribution in [3.8, 4) is 0 Å². The molecule has 4 heteroatoms. The summed E-state index contributed by atoms with van der Waals surface area (Å²) in [7, 11) is 0. The molecular weight excluding hydrogens is 244 g/mol. The van der Waals surface area contributed by atoms with Crippen molar-refractivity contribution in [2.24, 2.45) is 11.8 Å². The van der Waals surface area contributed by atoms with Crippen molar-refractivity contribution >= 4 is 5.97 Å².